The summed E-state index contributed by atoms with van der Waals surface area (Å²) in [5, 5.41) is 2.94. The fourth-order valence-electron chi connectivity index (χ4n) is 2.88. The van der Waals surface area contributed by atoms with Crippen molar-refractivity contribution >= 4 is 23.2 Å². The van der Waals surface area contributed by atoms with Gasteiger partial charge in [-0.3, -0.25) is 9.59 Å². The van der Waals surface area contributed by atoms with Crippen LogP contribution in [0.4, 0.5) is 11.4 Å². The SMILES string of the molecule is Cc1cccc(N2C[C@@H](C(=O)Nc3ccccc3C)CC2=O)c1. The van der Waals surface area contributed by atoms with E-state index in [1.807, 2.05) is 62.4 Å². The fourth-order valence-corrected chi connectivity index (χ4v) is 2.88. The highest BCUT2D eigenvalue weighted by Gasteiger charge is 2.35. The normalized spacial score (nSPS) is 17.4. The van der Waals surface area contributed by atoms with Crippen LogP contribution in [0.15, 0.2) is 48.5 Å². The number of aryl methyl sites for hydroxylation is 2. The van der Waals surface area contributed by atoms with Gasteiger partial charge in [-0.2, -0.15) is 0 Å². The van der Waals surface area contributed by atoms with E-state index in [4.69, 9.17) is 0 Å². The van der Waals surface area contributed by atoms with Gasteiger partial charge in [-0.1, -0.05) is 30.3 Å². The number of rotatable bonds is 3. The number of carbonyl (C=O) groups is 2. The molecule has 0 spiro atoms. The van der Waals surface area contributed by atoms with Crippen LogP contribution in [0.1, 0.15) is 17.5 Å². The predicted molar refractivity (Wildman–Crippen MR) is 91.4 cm³/mol. The van der Waals surface area contributed by atoms with Crippen molar-refractivity contribution in [1.29, 1.82) is 0 Å². The van der Waals surface area contributed by atoms with Gasteiger partial charge in [0.05, 0.1) is 5.92 Å². The van der Waals surface area contributed by atoms with Gasteiger partial charge < -0.3 is 10.2 Å². The first-order valence-electron chi connectivity index (χ1n) is 7.78. The number of hydrogen-bond donors (Lipinski definition) is 1. The Morgan fingerprint density at radius 3 is 2.65 bits per heavy atom. The van der Waals surface area contributed by atoms with Crippen LogP contribution in [0.2, 0.25) is 0 Å². The number of nitrogens with one attached hydrogen (secondary N) is 1. The molecule has 3 rings (SSSR count). The highest BCUT2D eigenvalue weighted by atomic mass is 16.2. The van der Waals surface area contributed by atoms with Crippen LogP contribution in [-0.2, 0) is 9.59 Å². The topological polar surface area (TPSA) is 49.4 Å². The molecule has 1 N–H and O–H groups in total. The highest BCUT2D eigenvalue weighted by Crippen LogP contribution is 2.27. The fraction of sp³-hybridized carbons (Fsp3) is 0.263. The van der Waals surface area contributed by atoms with Crippen LogP contribution < -0.4 is 10.2 Å². The van der Waals surface area contributed by atoms with Crippen LogP contribution in [-0.4, -0.2) is 18.4 Å². The van der Waals surface area contributed by atoms with E-state index < -0.39 is 0 Å². The Hall–Kier alpha value is -2.62. The molecular formula is C19H20N2O2. The average Bonchev–Trinajstić information content (AvgIpc) is 2.92. The molecule has 1 saturated heterocycles. The Morgan fingerprint density at radius 1 is 1.13 bits per heavy atom. The molecule has 4 heteroatoms. The lowest BCUT2D eigenvalue weighted by Gasteiger charge is -2.17. The molecule has 1 aliphatic rings. The van der Waals surface area contributed by atoms with E-state index in [-0.39, 0.29) is 24.2 Å². The summed E-state index contributed by atoms with van der Waals surface area (Å²) in [7, 11) is 0. The molecule has 4 nitrogen and oxygen atoms in total. The molecule has 0 aromatic heterocycles. The third kappa shape index (κ3) is 3.26. The maximum absolute atomic E-state index is 12.5. The second-order valence-corrected chi connectivity index (χ2v) is 6.05. The molecule has 0 saturated carbocycles. The van der Waals surface area contributed by atoms with Crippen molar-refractivity contribution in [3.63, 3.8) is 0 Å². The van der Waals surface area contributed by atoms with Gasteiger partial charge in [-0.05, 0) is 43.2 Å². The minimum absolute atomic E-state index is 0.000494. The van der Waals surface area contributed by atoms with E-state index in [0.29, 0.717) is 6.54 Å². The first kappa shape index (κ1) is 15.3. The van der Waals surface area contributed by atoms with Crippen molar-refractivity contribution in [1.82, 2.24) is 0 Å². The molecule has 1 atom stereocenters. The Bertz CT molecular complexity index is 755. The van der Waals surface area contributed by atoms with Gasteiger partial charge in [0.1, 0.15) is 0 Å². The van der Waals surface area contributed by atoms with Crippen LogP contribution in [0, 0.1) is 19.8 Å². The summed E-state index contributed by atoms with van der Waals surface area (Å²) >= 11 is 0. The number of hydrogen-bond acceptors (Lipinski definition) is 2. The lowest BCUT2D eigenvalue weighted by atomic mass is 10.1. The summed E-state index contributed by atoms with van der Waals surface area (Å²) in [6.45, 7) is 4.38. The molecule has 2 aromatic carbocycles. The second-order valence-electron chi connectivity index (χ2n) is 6.05. The number of para-hydroxylation sites is 1. The first-order chi connectivity index (χ1) is 11.0. The van der Waals surface area contributed by atoms with Crippen LogP contribution in [0.5, 0.6) is 0 Å². The van der Waals surface area contributed by atoms with Crippen molar-refractivity contribution in [3.05, 3.63) is 59.7 Å². The lowest BCUT2D eigenvalue weighted by Crippen LogP contribution is -2.28. The van der Waals surface area contributed by atoms with Gasteiger partial charge in [0.2, 0.25) is 11.8 Å². The molecule has 118 valence electrons. The van der Waals surface area contributed by atoms with E-state index in [0.717, 1.165) is 22.5 Å². The quantitative estimate of drug-likeness (QED) is 0.946. The molecule has 1 heterocycles. The maximum Gasteiger partial charge on any atom is 0.229 e. The summed E-state index contributed by atoms with van der Waals surface area (Å²) < 4.78 is 0. The second kappa shape index (κ2) is 6.24. The molecule has 23 heavy (non-hydrogen) atoms. The summed E-state index contributed by atoms with van der Waals surface area (Å²) in [6, 6.07) is 15.5. The Kier molecular flexibility index (Phi) is 4.15. The van der Waals surface area contributed by atoms with Crippen molar-refractivity contribution in [2.45, 2.75) is 20.3 Å². The van der Waals surface area contributed by atoms with Gasteiger partial charge in [-0.25, -0.2) is 0 Å². The van der Waals surface area contributed by atoms with Crippen molar-refractivity contribution in [2.75, 3.05) is 16.8 Å². The molecule has 2 amide bonds. The number of anilines is 2. The highest BCUT2D eigenvalue weighted by molar-refractivity contribution is 6.03. The van der Waals surface area contributed by atoms with E-state index in [1.54, 1.807) is 4.90 Å². The van der Waals surface area contributed by atoms with E-state index in [2.05, 4.69) is 5.32 Å². The number of benzene rings is 2. The van der Waals surface area contributed by atoms with Gasteiger partial charge in [0.25, 0.3) is 0 Å². The maximum atomic E-state index is 12.5. The third-order valence-electron chi connectivity index (χ3n) is 4.21. The zero-order valence-electron chi connectivity index (χ0n) is 13.4. The monoisotopic (exact) mass is 308 g/mol. The van der Waals surface area contributed by atoms with Gasteiger partial charge >= 0.3 is 0 Å². The van der Waals surface area contributed by atoms with Gasteiger partial charge in [-0.15, -0.1) is 0 Å². The van der Waals surface area contributed by atoms with Crippen LogP contribution in [0.3, 0.4) is 0 Å². The van der Waals surface area contributed by atoms with Crippen molar-refractivity contribution in [2.24, 2.45) is 5.92 Å². The van der Waals surface area contributed by atoms with Gasteiger partial charge in [0.15, 0.2) is 0 Å². The first-order valence-corrected chi connectivity index (χ1v) is 7.78. The Morgan fingerprint density at radius 2 is 1.91 bits per heavy atom. The zero-order valence-corrected chi connectivity index (χ0v) is 13.4. The minimum Gasteiger partial charge on any atom is -0.326 e. The van der Waals surface area contributed by atoms with E-state index >= 15 is 0 Å². The van der Waals surface area contributed by atoms with E-state index in [1.165, 1.54) is 0 Å². The summed E-state index contributed by atoms with van der Waals surface area (Å²) in [5.74, 6) is -0.411. The number of nitrogens with zero attached hydrogens (tertiary/aromatic N) is 1. The molecule has 0 aliphatic carbocycles. The van der Waals surface area contributed by atoms with Crippen molar-refractivity contribution in [3.8, 4) is 0 Å². The average molecular weight is 308 g/mol. The molecule has 2 aromatic rings. The Labute approximate surface area is 136 Å². The minimum atomic E-state index is -0.317. The molecule has 1 fully saturated rings. The van der Waals surface area contributed by atoms with E-state index in [9.17, 15) is 9.59 Å². The summed E-state index contributed by atoms with van der Waals surface area (Å²) in [5.41, 5.74) is 3.78. The van der Waals surface area contributed by atoms with Crippen LogP contribution in [0.25, 0.3) is 0 Å². The Balaban J connectivity index is 1.72. The smallest absolute Gasteiger partial charge is 0.229 e. The molecular weight excluding hydrogens is 288 g/mol. The molecule has 0 radical (unpaired) electrons. The lowest BCUT2D eigenvalue weighted by molar-refractivity contribution is -0.122. The summed E-state index contributed by atoms with van der Waals surface area (Å²) in [4.78, 5) is 26.4. The standard InChI is InChI=1S/C19H20N2O2/c1-13-6-5-8-16(10-13)21-12-15(11-18(21)22)19(23)20-17-9-4-3-7-14(17)2/h3-10,15H,11-12H2,1-2H3,(H,20,23)/t15-/m0/s1. The van der Waals surface area contributed by atoms with Crippen LogP contribution >= 0.6 is 0 Å². The largest absolute Gasteiger partial charge is 0.326 e. The zero-order chi connectivity index (χ0) is 16.4. The molecule has 0 unspecified atom stereocenters. The molecule has 0 bridgehead atoms. The predicted octanol–water partition coefficient (Wildman–Crippen LogP) is 3.30. The molecule has 1 aliphatic heterocycles. The number of carbonyl (C=O) groups excluding carboxylic acids is 2. The number of amides is 2. The van der Waals surface area contributed by atoms with Gasteiger partial charge in [0, 0.05) is 24.3 Å². The summed E-state index contributed by atoms with van der Waals surface area (Å²) in [6.07, 6.45) is 0.256. The van der Waals surface area contributed by atoms with Crippen molar-refractivity contribution < 1.29 is 9.59 Å². The third-order valence-corrected chi connectivity index (χ3v) is 4.21.